The van der Waals surface area contributed by atoms with Gasteiger partial charge in [0.25, 0.3) is 0 Å². The molecule has 4 aliphatic heterocycles. The number of ether oxygens (including phenoxy) is 5. The van der Waals surface area contributed by atoms with E-state index in [2.05, 4.69) is 0 Å². The Labute approximate surface area is 130 Å². The van der Waals surface area contributed by atoms with Crippen LogP contribution in [0.3, 0.4) is 0 Å². The normalized spacial score (nSPS) is 70.4. The molecule has 2 saturated carbocycles. The van der Waals surface area contributed by atoms with Crippen LogP contribution in [0.1, 0.15) is 6.42 Å². The summed E-state index contributed by atoms with van der Waals surface area (Å²) >= 11 is 0. The molecule has 2 aliphatic carbocycles. The molecule has 6 fully saturated rings. The Balaban J connectivity index is 1.27. The molecule has 0 amide bonds. The lowest BCUT2D eigenvalue weighted by atomic mass is 10.1. The third-order valence-corrected chi connectivity index (χ3v) is 6.50. The molecule has 6 aliphatic rings. The van der Waals surface area contributed by atoms with Gasteiger partial charge in [0.05, 0.1) is 24.2 Å². The number of hydrogen-bond acceptors (Lipinski definition) is 9. The van der Waals surface area contributed by atoms with Crippen LogP contribution in [-0.2, 0) is 23.7 Å². The molecular formula is C14H18O9. The third kappa shape index (κ3) is 1.28. The van der Waals surface area contributed by atoms with E-state index >= 15 is 0 Å². The van der Waals surface area contributed by atoms with Crippen molar-refractivity contribution in [3.63, 3.8) is 0 Å². The summed E-state index contributed by atoms with van der Waals surface area (Å²) in [6.07, 6.45) is -5.21. The van der Waals surface area contributed by atoms with E-state index < -0.39 is 66.3 Å². The van der Waals surface area contributed by atoms with E-state index in [1.807, 2.05) is 0 Å². The van der Waals surface area contributed by atoms with Crippen LogP contribution in [-0.4, -0.2) is 94.0 Å². The summed E-state index contributed by atoms with van der Waals surface area (Å²) in [6.45, 7) is -0.301. The maximum absolute atomic E-state index is 10.5. The molecule has 9 nitrogen and oxygen atoms in total. The average molecular weight is 330 g/mol. The molecule has 2 bridgehead atoms. The molecule has 4 heterocycles. The molecule has 2 spiro atoms. The van der Waals surface area contributed by atoms with Crippen molar-refractivity contribution in [2.45, 2.75) is 66.8 Å². The Bertz CT molecular complexity index is 587. The minimum Gasteiger partial charge on any atom is -0.391 e. The molecule has 4 N–H and O–H groups in total. The van der Waals surface area contributed by atoms with Gasteiger partial charge < -0.3 is 44.1 Å². The summed E-state index contributed by atoms with van der Waals surface area (Å²) in [5.41, 5.74) is -1.10. The smallest absolute Gasteiger partial charge is 0.224 e. The lowest BCUT2D eigenvalue weighted by Gasteiger charge is -2.38. The van der Waals surface area contributed by atoms with Crippen molar-refractivity contribution in [2.24, 2.45) is 5.41 Å². The highest BCUT2D eigenvalue weighted by molar-refractivity contribution is 5.47. The van der Waals surface area contributed by atoms with Gasteiger partial charge in [-0.15, -0.1) is 0 Å². The van der Waals surface area contributed by atoms with E-state index in [4.69, 9.17) is 23.7 Å². The van der Waals surface area contributed by atoms with Gasteiger partial charge in [-0.05, 0) is 6.42 Å². The van der Waals surface area contributed by atoms with E-state index in [0.29, 0.717) is 6.42 Å². The minimum atomic E-state index is -1.56. The van der Waals surface area contributed by atoms with Crippen molar-refractivity contribution in [2.75, 3.05) is 13.2 Å². The van der Waals surface area contributed by atoms with Crippen molar-refractivity contribution in [3.8, 4) is 0 Å². The quantitative estimate of drug-likeness (QED) is 0.396. The van der Waals surface area contributed by atoms with E-state index in [0.717, 1.165) is 0 Å². The Morgan fingerprint density at radius 2 is 1.91 bits per heavy atom. The second-order valence-electron chi connectivity index (χ2n) is 7.45. The van der Waals surface area contributed by atoms with Crippen LogP contribution < -0.4 is 0 Å². The number of fused-ring (bicyclic) bond motifs is 2. The molecule has 11 atom stereocenters. The number of hydrogen-bond donors (Lipinski definition) is 4. The topological polar surface area (TPSA) is 130 Å². The minimum absolute atomic E-state index is 0.234. The Hall–Kier alpha value is -0.360. The van der Waals surface area contributed by atoms with Gasteiger partial charge in [0.2, 0.25) is 5.79 Å². The Kier molecular flexibility index (Phi) is 2.26. The second-order valence-corrected chi connectivity index (χ2v) is 7.45. The first-order valence-corrected chi connectivity index (χ1v) is 7.96. The average Bonchev–Trinajstić information content (AvgIpc) is 3.46. The van der Waals surface area contributed by atoms with E-state index in [1.54, 1.807) is 0 Å². The summed E-state index contributed by atoms with van der Waals surface area (Å²) in [5, 5.41) is 40.4. The monoisotopic (exact) mass is 330 g/mol. The predicted molar refractivity (Wildman–Crippen MR) is 66.9 cm³/mol. The number of aliphatic hydroxyl groups is 4. The molecule has 0 aromatic heterocycles. The zero-order chi connectivity index (χ0) is 15.8. The van der Waals surface area contributed by atoms with Crippen LogP contribution in [0.5, 0.6) is 0 Å². The maximum atomic E-state index is 10.5. The fraction of sp³-hybridized carbons (Fsp3) is 1.00. The molecule has 23 heavy (non-hydrogen) atoms. The van der Waals surface area contributed by atoms with Crippen molar-refractivity contribution in [1.82, 2.24) is 0 Å². The maximum Gasteiger partial charge on any atom is 0.224 e. The fourth-order valence-corrected chi connectivity index (χ4v) is 5.08. The zero-order valence-electron chi connectivity index (χ0n) is 12.1. The SMILES string of the molecule is OCC1(OC2OC3CC34C(O)C43OC3C2O)OC2COC1C2O. The number of epoxide rings is 1. The Morgan fingerprint density at radius 1 is 1.09 bits per heavy atom. The summed E-state index contributed by atoms with van der Waals surface area (Å²) in [7, 11) is 0. The third-order valence-electron chi connectivity index (χ3n) is 6.50. The highest BCUT2D eigenvalue weighted by atomic mass is 16.8. The van der Waals surface area contributed by atoms with Crippen LogP contribution in [0, 0.1) is 5.41 Å². The summed E-state index contributed by atoms with van der Waals surface area (Å²) in [4.78, 5) is 0. The highest BCUT2D eigenvalue weighted by Gasteiger charge is 3.01. The van der Waals surface area contributed by atoms with Crippen LogP contribution >= 0.6 is 0 Å². The van der Waals surface area contributed by atoms with Gasteiger partial charge in [0.1, 0.15) is 42.7 Å². The van der Waals surface area contributed by atoms with Crippen LogP contribution in [0.15, 0.2) is 0 Å². The first-order chi connectivity index (χ1) is 11.0. The number of aliphatic hydroxyl groups excluding tert-OH is 4. The van der Waals surface area contributed by atoms with Gasteiger partial charge in [0.15, 0.2) is 6.29 Å². The van der Waals surface area contributed by atoms with E-state index in [-0.39, 0.29) is 12.7 Å². The molecule has 0 aromatic carbocycles. The molecule has 11 unspecified atom stereocenters. The highest BCUT2D eigenvalue weighted by Crippen LogP contribution is 2.84. The fourth-order valence-electron chi connectivity index (χ4n) is 5.08. The van der Waals surface area contributed by atoms with Gasteiger partial charge in [-0.2, -0.15) is 0 Å². The molecule has 0 radical (unpaired) electrons. The molecule has 4 saturated heterocycles. The first kappa shape index (κ1) is 13.9. The van der Waals surface area contributed by atoms with Crippen LogP contribution in [0.4, 0.5) is 0 Å². The molecule has 6 rings (SSSR count). The molecule has 9 heteroatoms. The van der Waals surface area contributed by atoms with Crippen molar-refractivity contribution >= 4 is 0 Å². The van der Waals surface area contributed by atoms with Gasteiger partial charge in [-0.1, -0.05) is 0 Å². The molecule has 128 valence electrons. The van der Waals surface area contributed by atoms with Crippen molar-refractivity contribution < 1.29 is 44.1 Å². The van der Waals surface area contributed by atoms with Crippen LogP contribution in [0.2, 0.25) is 0 Å². The predicted octanol–water partition coefficient (Wildman–Crippen LogP) is -3.16. The van der Waals surface area contributed by atoms with Gasteiger partial charge in [-0.3, -0.25) is 0 Å². The largest absolute Gasteiger partial charge is 0.391 e. The zero-order valence-corrected chi connectivity index (χ0v) is 12.1. The second kappa shape index (κ2) is 3.74. The summed E-state index contributed by atoms with van der Waals surface area (Å²) < 4.78 is 28.2. The summed E-state index contributed by atoms with van der Waals surface area (Å²) in [5.74, 6) is -1.56. The summed E-state index contributed by atoms with van der Waals surface area (Å²) in [6, 6.07) is 0. The van der Waals surface area contributed by atoms with Crippen molar-refractivity contribution in [1.29, 1.82) is 0 Å². The standard InChI is InChI=1S/C14H18O9/c15-3-13(8-6(16)4(21-13)2-19-8)23-10-7(17)9-14(22-9)11(18)12(14)1-5(12)20-10/h4-11,15-18H,1-3H2. The van der Waals surface area contributed by atoms with Gasteiger partial charge in [-0.25, -0.2) is 0 Å². The Morgan fingerprint density at radius 3 is 2.57 bits per heavy atom. The van der Waals surface area contributed by atoms with Gasteiger partial charge in [0, 0.05) is 0 Å². The molecular weight excluding hydrogens is 312 g/mol. The number of rotatable bonds is 3. The van der Waals surface area contributed by atoms with E-state index in [1.165, 1.54) is 0 Å². The molecule has 0 aromatic rings. The lowest BCUT2D eigenvalue weighted by molar-refractivity contribution is -0.371. The first-order valence-electron chi connectivity index (χ1n) is 7.96. The van der Waals surface area contributed by atoms with Crippen LogP contribution in [0.25, 0.3) is 0 Å². The lowest BCUT2D eigenvalue weighted by Crippen LogP contribution is -2.55. The van der Waals surface area contributed by atoms with Gasteiger partial charge >= 0.3 is 0 Å². The van der Waals surface area contributed by atoms with E-state index in [9.17, 15) is 20.4 Å². The van der Waals surface area contributed by atoms with Crippen molar-refractivity contribution in [3.05, 3.63) is 0 Å².